The van der Waals surface area contributed by atoms with Gasteiger partial charge in [0.1, 0.15) is 18.1 Å². The van der Waals surface area contributed by atoms with Crippen molar-refractivity contribution in [2.75, 3.05) is 7.11 Å². The average molecular weight is 272 g/mol. The number of carboxylic acid groups (broad SMARTS) is 1. The molecule has 0 aliphatic carbocycles. The van der Waals surface area contributed by atoms with Gasteiger partial charge in [0.05, 0.1) is 13.5 Å². The van der Waals surface area contributed by atoms with Crippen LogP contribution in [-0.4, -0.2) is 18.2 Å². The molecule has 0 amide bonds. The summed E-state index contributed by atoms with van der Waals surface area (Å²) in [6, 6.07) is 14.8. The van der Waals surface area contributed by atoms with Crippen molar-refractivity contribution in [3.63, 3.8) is 0 Å². The van der Waals surface area contributed by atoms with Gasteiger partial charge < -0.3 is 14.6 Å². The van der Waals surface area contributed by atoms with E-state index in [1.165, 1.54) is 0 Å². The summed E-state index contributed by atoms with van der Waals surface area (Å²) in [5, 5.41) is 8.70. The van der Waals surface area contributed by atoms with Crippen LogP contribution in [0.5, 0.6) is 11.5 Å². The van der Waals surface area contributed by atoms with Crippen molar-refractivity contribution in [3.05, 3.63) is 59.7 Å². The van der Waals surface area contributed by atoms with Gasteiger partial charge in [0.15, 0.2) is 0 Å². The summed E-state index contributed by atoms with van der Waals surface area (Å²) in [4.78, 5) is 10.6. The third-order valence-electron chi connectivity index (χ3n) is 2.83. The zero-order chi connectivity index (χ0) is 14.4. The number of carboxylic acids is 1. The Morgan fingerprint density at radius 3 is 2.35 bits per heavy atom. The van der Waals surface area contributed by atoms with Gasteiger partial charge in [-0.1, -0.05) is 30.3 Å². The first-order valence-electron chi connectivity index (χ1n) is 6.24. The van der Waals surface area contributed by atoms with E-state index < -0.39 is 5.97 Å². The van der Waals surface area contributed by atoms with E-state index in [0.29, 0.717) is 6.61 Å². The first-order valence-corrected chi connectivity index (χ1v) is 6.24. The van der Waals surface area contributed by atoms with E-state index in [2.05, 4.69) is 0 Å². The Morgan fingerprint density at radius 1 is 1.05 bits per heavy atom. The summed E-state index contributed by atoms with van der Waals surface area (Å²) in [6.45, 7) is 0.431. The Bertz CT molecular complexity index is 575. The molecule has 0 atom stereocenters. The second kappa shape index (κ2) is 6.61. The van der Waals surface area contributed by atoms with Gasteiger partial charge in [0.25, 0.3) is 0 Å². The largest absolute Gasteiger partial charge is 0.497 e. The van der Waals surface area contributed by atoms with E-state index in [9.17, 15) is 4.79 Å². The summed E-state index contributed by atoms with van der Waals surface area (Å²) < 4.78 is 10.8. The third-order valence-corrected chi connectivity index (χ3v) is 2.83. The van der Waals surface area contributed by atoms with Crippen LogP contribution in [0, 0.1) is 0 Å². The van der Waals surface area contributed by atoms with Crippen LogP contribution in [0.4, 0.5) is 0 Å². The van der Waals surface area contributed by atoms with Gasteiger partial charge in [-0.3, -0.25) is 4.79 Å². The Hall–Kier alpha value is -2.49. The molecule has 20 heavy (non-hydrogen) atoms. The summed E-state index contributed by atoms with van der Waals surface area (Å²) in [7, 11) is 1.61. The Morgan fingerprint density at radius 2 is 1.70 bits per heavy atom. The lowest BCUT2D eigenvalue weighted by Gasteiger charge is -2.08. The van der Waals surface area contributed by atoms with Crippen LogP contribution in [0.3, 0.4) is 0 Å². The highest BCUT2D eigenvalue weighted by Crippen LogP contribution is 2.20. The highest BCUT2D eigenvalue weighted by Gasteiger charge is 2.01. The lowest BCUT2D eigenvalue weighted by Crippen LogP contribution is -2.00. The molecule has 0 saturated heterocycles. The highest BCUT2D eigenvalue weighted by atomic mass is 16.5. The van der Waals surface area contributed by atoms with Gasteiger partial charge in [-0.2, -0.15) is 0 Å². The molecule has 0 bridgehead atoms. The fourth-order valence-corrected chi connectivity index (χ4v) is 1.79. The standard InChI is InChI=1S/C16H16O4/c1-19-14-3-2-4-15(10-14)20-11-13-7-5-12(6-8-13)9-16(17)18/h2-8,10H,9,11H2,1H3,(H,17,18). The number of hydrogen-bond donors (Lipinski definition) is 1. The number of hydrogen-bond acceptors (Lipinski definition) is 3. The van der Waals surface area contributed by atoms with E-state index in [0.717, 1.165) is 22.6 Å². The second-order valence-corrected chi connectivity index (χ2v) is 4.35. The van der Waals surface area contributed by atoms with Crippen molar-refractivity contribution in [2.24, 2.45) is 0 Å². The topological polar surface area (TPSA) is 55.8 Å². The molecule has 0 radical (unpaired) electrons. The van der Waals surface area contributed by atoms with Gasteiger partial charge in [-0.25, -0.2) is 0 Å². The molecule has 1 N–H and O–H groups in total. The number of rotatable bonds is 6. The van der Waals surface area contributed by atoms with Crippen molar-refractivity contribution in [1.82, 2.24) is 0 Å². The van der Waals surface area contributed by atoms with Crippen molar-refractivity contribution in [3.8, 4) is 11.5 Å². The smallest absolute Gasteiger partial charge is 0.307 e. The van der Waals surface area contributed by atoms with Crippen LogP contribution in [0.2, 0.25) is 0 Å². The molecule has 4 nitrogen and oxygen atoms in total. The summed E-state index contributed by atoms with van der Waals surface area (Å²) in [6.07, 6.45) is 0.0387. The molecule has 0 heterocycles. The Balaban J connectivity index is 1.94. The van der Waals surface area contributed by atoms with Crippen LogP contribution < -0.4 is 9.47 Å². The van der Waals surface area contributed by atoms with Crippen LogP contribution in [0.1, 0.15) is 11.1 Å². The van der Waals surface area contributed by atoms with Gasteiger partial charge in [-0.15, -0.1) is 0 Å². The van der Waals surface area contributed by atoms with E-state index in [1.54, 1.807) is 19.2 Å². The minimum atomic E-state index is -0.828. The number of aliphatic carboxylic acids is 1. The van der Waals surface area contributed by atoms with E-state index in [4.69, 9.17) is 14.6 Å². The van der Waals surface area contributed by atoms with Crippen molar-refractivity contribution >= 4 is 5.97 Å². The molecule has 0 unspecified atom stereocenters. The number of ether oxygens (including phenoxy) is 2. The third kappa shape index (κ3) is 4.02. The predicted molar refractivity (Wildman–Crippen MR) is 75.1 cm³/mol. The van der Waals surface area contributed by atoms with Gasteiger partial charge >= 0.3 is 5.97 Å². The lowest BCUT2D eigenvalue weighted by atomic mass is 10.1. The molecule has 2 rings (SSSR count). The zero-order valence-electron chi connectivity index (χ0n) is 11.2. The summed E-state index contributed by atoms with van der Waals surface area (Å²) in [5.74, 6) is 0.656. The highest BCUT2D eigenvalue weighted by molar-refractivity contribution is 5.70. The number of carbonyl (C=O) groups is 1. The first-order chi connectivity index (χ1) is 9.67. The lowest BCUT2D eigenvalue weighted by molar-refractivity contribution is -0.136. The fraction of sp³-hybridized carbons (Fsp3) is 0.188. The number of methoxy groups -OCH3 is 1. The number of benzene rings is 2. The van der Waals surface area contributed by atoms with Crippen LogP contribution in [0.25, 0.3) is 0 Å². The molecular formula is C16H16O4. The molecular weight excluding hydrogens is 256 g/mol. The van der Waals surface area contributed by atoms with E-state index in [1.807, 2.05) is 36.4 Å². The van der Waals surface area contributed by atoms with Crippen molar-refractivity contribution < 1.29 is 19.4 Å². The second-order valence-electron chi connectivity index (χ2n) is 4.35. The Labute approximate surface area is 117 Å². The SMILES string of the molecule is COc1cccc(OCc2ccc(CC(=O)O)cc2)c1. The van der Waals surface area contributed by atoms with Crippen molar-refractivity contribution in [2.45, 2.75) is 13.0 Å². The minimum absolute atomic E-state index is 0.0387. The summed E-state index contributed by atoms with van der Waals surface area (Å²) >= 11 is 0. The summed E-state index contributed by atoms with van der Waals surface area (Å²) in [5.41, 5.74) is 1.77. The van der Waals surface area contributed by atoms with Gasteiger partial charge in [0.2, 0.25) is 0 Å². The van der Waals surface area contributed by atoms with Crippen LogP contribution >= 0.6 is 0 Å². The molecule has 0 spiro atoms. The van der Waals surface area contributed by atoms with E-state index in [-0.39, 0.29) is 6.42 Å². The molecule has 0 aromatic heterocycles. The molecule has 0 fully saturated rings. The van der Waals surface area contributed by atoms with Gasteiger partial charge in [-0.05, 0) is 23.3 Å². The maximum Gasteiger partial charge on any atom is 0.307 e. The fourth-order valence-electron chi connectivity index (χ4n) is 1.79. The molecule has 2 aromatic rings. The maximum atomic E-state index is 10.6. The average Bonchev–Trinajstić information content (AvgIpc) is 2.46. The van der Waals surface area contributed by atoms with E-state index >= 15 is 0 Å². The van der Waals surface area contributed by atoms with Crippen LogP contribution in [-0.2, 0) is 17.8 Å². The molecule has 0 saturated carbocycles. The van der Waals surface area contributed by atoms with Crippen molar-refractivity contribution in [1.29, 1.82) is 0 Å². The predicted octanol–water partition coefficient (Wildman–Crippen LogP) is 2.90. The molecule has 2 aromatic carbocycles. The molecule has 104 valence electrons. The molecule has 0 aliphatic heterocycles. The normalized spacial score (nSPS) is 10.1. The first kappa shape index (κ1) is 13.9. The molecule has 0 aliphatic rings. The molecule has 4 heteroatoms. The zero-order valence-corrected chi connectivity index (χ0v) is 11.2. The minimum Gasteiger partial charge on any atom is -0.497 e. The quantitative estimate of drug-likeness (QED) is 0.878. The van der Waals surface area contributed by atoms with Gasteiger partial charge in [0, 0.05) is 6.07 Å². The monoisotopic (exact) mass is 272 g/mol. The van der Waals surface area contributed by atoms with Crippen LogP contribution in [0.15, 0.2) is 48.5 Å². The Kier molecular flexibility index (Phi) is 4.60. The maximum absolute atomic E-state index is 10.6.